The number of amides is 1. The van der Waals surface area contributed by atoms with Gasteiger partial charge in [-0.05, 0) is 43.7 Å². The van der Waals surface area contributed by atoms with Crippen molar-refractivity contribution in [1.29, 1.82) is 0 Å². The minimum Gasteiger partial charge on any atom is -0.356 e. The fourth-order valence-corrected chi connectivity index (χ4v) is 4.12. The van der Waals surface area contributed by atoms with Crippen molar-refractivity contribution in [3.63, 3.8) is 0 Å². The maximum Gasteiger partial charge on any atom is 0.219 e. The fourth-order valence-electron chi connectivity index (χ4n) is 2.91. The molecule has 2 aromatic carbocycles. The summed E-state index contributed by atoms with van der Waals surface area (Å²) in [4.78, 5) is 16.3. The van der Waals surface area contributed by atoms with E-state index in [1.807, 2.05) is 19.1 Å². The van der Waals surface area contributed by atoms with Gasteiger partial charge in [-0.2, -0.15) is 0 Å². The molecule has 1 aliphatic heterocycles. The summed E-state index contributed by atoms with van der Waals surface area (Å²) >= 11 is 8.02. The van der Waals surface area contributed by atoms with E-state index in [2.05, 4.69) is 47.5 Å². The van der Waals surface area contributed by atoms with Crippen LogP contribution in [0.15, 0.2) is 52.3 Å². The van der Waals surface area contributed by atoms with E-state index in [0.717, 1.165) is 17.1 Å². The molecule has 3 nitrogen and oxygen atoms in total. The molecule has 1 unspecified atom stereocenters. The van der Waals surface area contributed by atoms with Crippen LogP contribution in [0.1, 0.15) is 26.7 Å². The number of nitrogens with zero attached hydrogens (tertiary/aromatic N) is 1. The van der Waals surface area contributed by atoms with Gasteiger partial charge in [0.05, 0.1) is 11.4 Å². The van der Waals surface area contributed by atoms with Crippen molar-refractivity contribution >= 4 is 40.6 Å². The summed E-state index contributed by atoms with van der Waals surface area (Å²) < 4.78 is 0. The summed E-state index contributed by atoms with van der Waals surface area (Å²) in [5, 5.41) is 3.71. The zero-order valence-corrected chi connectivity index (χ0v) is 15.5. The van der Waals surface area contributed by atoms with Crippen molar-refractivity contribution in [2.75, 3.05) is 11.4 Å². The SMILES string of the molecule is CCC(=O)NCCC(C)N1c2ccccc2Sc2ccc(Cl)cc21. The van der Waals surface area contributed by atoms with Gasteiger partial charge in [-0.3, -0.25) is 4.79 Å². The first-order chi connectivity index (χ1) is 11.6. The number of halogens is 1. The van der Waals surface area contributed by atoms with Gasteiger partial charge >= 0.3 is 0 Å². The van der Waals surface area contributed by atoms with Crippen LogP contribution >= 0.6 is 23.4 Å². The quantitative estimate of drug-likeness (QED) is 0.790. The standard InChI is InChI=1S/C19H21ClN2OS/c1-3-19(23)21-11-10-13(2)22-15-6-4-5-7-17(15)24-18-9-8-14(20)12-16(18)22/h4-9,12-13H,3,10-11H2,1-2H3,(H,21,23). The Morgan fingerprint density at radius 3 is 2.75 bits per heavy atom. The second-order valence-corrected chi connectivity index (χ2v) is 7.41. The zero-order chi connectivity index (χ0) is 17.1. The molecule has 3 rings (SSSR count). The van der Waals surface area contributed by atoms with Gasteiger partial charge in [-0.15, -0.1) is 0 Å². The molecule has 126 valence electrons. The summed E-state index contributed by atoms with van der Waals surface area (Å²) in [6.45, 7) is 4.74. The number of nitrogens with one attached hydrogen (secondary N) is 1. The Balaban J connectivity index is 1.88. The first-order valence-corrected chi connectivity index (χ1v) is 9.42. The van der Waals surface area contributed by atoms with Crippen molar-refractivity contribution in [3.8, 4) is 0 Å². The van der Waals surface area contributed by atoms with Gasteiger partial charge in [0.1, 0.15) is 0 Å². The predicted molar refractivity (Wildman–Crippen MR) is 102 cm³/mol. The molecule has 0 aliphatic carbocycles. The first-order valence-electron chi connectivity index (χ1n) is 8.22. The normalized spacial score (nSPS) is 13.9. The Morgan fingerprint density at radius 1 is 1.21 bits per heavy atom. The highest BCUT2D eigenvalue weighted by Crippen LogP contribution is 2.49. The molecule has 24 heavy (non-hydrogen) atoms. The second kappa shape index (κ2) is 7.49. The van der Waals surface area contributed by atoms with Gasteiger partial charge < -0.3 is 10.2 Å². The molecule has 0 saturated heterocycles. The van der Waals surface area contributed by atoms with Gasteiger partial charge in [-0.25, -0.2) is 0 Å². The Hall–Kier alpha value is -1.65. The third-order valence-corrected chi connectivity index (χ3v) is 5.54. The monoisotopic (exact) mass is 360 g/mol. The van der Waals surface area contributed by atoms with Crippen molar-refractivity contribution in [2.24, 2.45) is 0 Å². The molecule has 1 atom stereocenters. The fraction of sp³-hybridized carbons (Fsp3) is 0.316. The van der Waals surface area contributed by atoms with Crippen molar-refractivity contribution in [1.82, 2.24) is 5.32 Å². The van der Waals surface area contributed by atoms with Crippen LogP contribution in [0.3, 0.4) is 0 Å². The lowest BCUT2D eigenvalue weighted by atomic mass is 10.1. The Kier molecular flexibility index (Phi) is 5.36. The highest BCUT2D eigenvalue weighted by molar-refractivity contribution is 7.99. The molecule has 0 saturated carbocycles. The van der Waals surface area contributed by atoms with Crippen LogP contribution < -0.4 is 10.2 Å². The molecule has 0 radical (unpaired) electrons. The number of hydrogen-bond acceptors (Lipinski definition) is 3. The number of rotatable bonds is 5. The minimum absolute atomic E-state index is 0.0974. The number of benzene rings is 2. The first kappa shape index (κ1) is 17.2. The smallest absolute Gasteiger partial charge is 0.219 e. The topological polar surface area (TPSA) is 32.3 Å². The highest BCUT2D eigenvalue weighted by atomic mass is 35.5. The number of carbonyl (C=O) groups excluding carboxylic acids is 1. The van der Waals surface area contributed by atoms with Crippen molar-refractivity contribution in [2.45, 2.75) is 42.5 Å². The van der Waals surface area contributed by atoms with E-state index < -0.39 is 0 Å². The van der Waals surface area contributed by atoms with Crippen LogP contribution in [0, 0.1) is 0 Å². The van der Waals surface area contributed by atoms with Gasteiger partial charge in [0.15, 0.2) is 0 Å². The molecule has 0 spiro atoms. The minimum atomic E-state index is 0.0974. The summed E-state index contributed by atoms with van der Waals surface area (Å²) in [5.74, 6) is 0.0974. The van der Waals surface area contributed by atoms with E-state index in [1.165, 1.54) is 15.5 Å². The van der Waals surface area contributed by atoms with E-state index in [1.54, 1.807) is 11.8 Å². The van der Waals surface area contributed by atoms with Crippen LogP contribution in [-0.4, -0.2) is 18.5 Å². The largest absolute Gasteiger partial charge is 0.356 e. The Bertz CT molecular complexity index is 750. The summed E-state index contributed by atoms with van der Waals surface area (Å²) in [6, 6.07) is 14.7. The molecular weight excluding hydrogens is 340 g/mol. The Labute approximate surface area is 152 Å². The third-order valence-electron chi connectivity index (χ3n) is 4.17. The van der Waals surface area contributed by atoms with E-state index in [0.29, 0.717) is 13.0 Å². The van der Waals surface area contributed by atoms with Gasteiger partial charge in [-0.1, -0.05) is 42.4 Å². The van der Waals surface area contributed by atoms with E-state index >= 15 is 0 Å². The number of hydrogen-bond donors (Lipinski definition) is 1. The van der Waals surface area contributed by atoms with Gasteiger partial charge in [0.25, 0.3) is 0 Å². The second-order valence-electron chi connectivity index (χ2n) is 5.89. The molecule has 0 fully saturated rings. The lowest BCUT2D eigenvalue weighted by Crippen LogP contribution is -2.34. The number of para-hydroxylation sites is 1. The predicted octanol–water partition coefficient (Wildman–Crippen LogP) is 5.25. The molecule has 1 heterocycles. The highest BCUT2D eigenvalue weighted by Gasteiger charge is 2.26. The number of fused-ring (bicyclic) bond motifs is 2. The molecular formula is C19H21ClN2OS. The third kappa shape index (κ3) is 3.55. The number of anilines is 2. The molecule has 1 aliphatic rings. The molecule has 1 amide bonds. The van der Waals surface area contributed by atoms with Gasteiger partial charge in [0.2, 0.25) is 5.91 Å². The average Bonchev–Trinajstić information content (AvgIpc) is 2.59. The summed E-state index contributed by atoms with van der Waals surface area (Å²) in [6.07, 6.45) is 1.40. The van der Waals surface area contributed by atoms with Crippen LogP contribution in [-0.2, 0) is 4.79 Å². The van der Waals surface area contributed by atoms with Crippen LogP contribution in [0.4, 0.5) is 11.4 Å². The average molecular weight is 361 g/mol. The van der Waals surface area contributed by atoms with E-state index in [4.69, 9.17) is 11.6 Å². The molecule has 5 heteroatoms. The summed E-state index contributed by atoms with van der Waals surface area (Å²) in [5.41, 5.74) is 2.34. The van der Waals surface area contributed by atoms with Crippen molar-refractivity contribution < 1.29 is 4.79 Å². The number of carbonyl (C=O) groups is 1. The summed E-state index contributed by atoms with van der Waals surface area (Å²) in [7, 11) is 0. The van der Waals surface area contributed by atoms with Gasteiger partial charge in [0, 0.05) is 33.8 Å². The lowest BCUT2D eigenvalue weighted by molar-refractivity contribution is -0.120. The van der Waals surface area contributed by atoms with Crippen LogP contribution in [0.5, 0.6) is 0 Å². The molecule has 0 aromatic heterocycles. The van der Waals surface area contributed by atoms with Crippen LogP contribution in [0.25, 0.3) is 0 Å². The van der Waals surface area contributed by atoms with E-state index in [9.17, 15) is 4.79 Å². The van der Waals surface area contributed by atoms with Crippen molar-refractivity contribution in [3.05, 3.63) is 47.5 Å². The van der Waals surface area contributed by atoms with Crippen LogP contribution in [0.2, 0.25) is 5.02 Å². The molecule has 0 bridgehead atoms. The Morgan fingerprint density at radius 2 is 1.96 bits per heavy atom. The maximum absolute atomic E-state index is 11.5. The molecule has 2 aromatic rings. The van der Waals surface area contributed by atoms with E-state index in [-0.39, 0.29) is 11.9 Å². The zero-order valence-electron chi connectivity index (χ0n) is 13.9. The lowest BCUT2D eigenvalue weighted by Gasteiger charge is -2.37. The maximum atomic E-state index is 11.5. The molecule has 1 N–H and O–H groups in total.